The average molecular weight is 300 g/mol. The van der Waals surface area contributed by atoms with Crippen molar-refractivity contribution in [2.24, 2.45) is 0 Å². The first kappa shape index (κ1) is 12.7. The van der Waals surface area contributed by atoms with Crippen LogP contribution in [0.3, 0.4) is 0 Å². The molecule has 0 bridgehead atoms. The molecule has 1 fully saturated rings. The Bertz CT molecular complexity index is 742. The minimum Gasteiger partial charge on any atom is -0.351 e. The number of rotatable bonds is 2. The van der Waals surface area contributed by atoms with E-state index in [1.807, 2.05) is 16.8 Å². The zero-order valence-electron chi connectivity index (χ0n) is 11.8. The van der Waals surface area contributed by atoms with Gasteiger partial charge in [0.15, 0.2) is 11.5 Å². The predicted octanol–water partition coefficient (Wildman–Crippen LogP) is 1.60. The molecule has 6 nitrogen and oxygen atoms in total. The molecular formula is C14H16N6S. The maximum atomic E-state index is 4.67. The number of aromatic nitrogens is 4. The minimum atomic E-state index is 0.838. The number of hydrogen-bond donors (Lipinski definition) is 0. The van der Waals surface area contributed by atoms with Gasteiger partial charge in [-0.25, -0.2) is 14.5 Å². The molecule has 1 aliphatic heterocycles. The lowest BCUT2D eigenvalue weighted by atomic mass is 10.3. The van der Waals surface area contributed by atoms with Gasteiger partial charge in [-0.3, -0.25) is 0 Å². The average Bonchev–Trinajstić information content (AvgIpc) is 3.19. The van der Waals surface area contributed by atoms with Crippen LogP contribution in [0.15, 0.2) is 30.0 Å². The van der Waals surface area contributed by atoms with Crippen molar-refractivity contribution in [3.05, 3.63) is 30.0 Å². The molecule has 3 aromatic rings. The maximum Gasteiger partial charge on any atom is 0.199 e. The Morgan fingerprint density at radius 2 is 2.00 bits per heavy atom. The number of fused-ring (bicyclic) bond motifs is 1. The second-order valence-electron chi connectivity index (χ2n) is 5.23. The Kier molecular flexibility index (Phi) is 3.08. The van der Waals surface area contributed by atoms with Crippen LogP contribution in [0, 0.1) is 0 Å². The maximum absolute atomic E-state index is 4.67. The molecule has 0 aliphatic carbocycles. The summed E-state index contributed by atoms with van der Waals surface area (Å²) < 4.78 is 1.90. The highest BCUT2D eigenvalue weighted by Crippen LogP contribution is 2.27. The zero-order chi connectivity index (χ0) is 14.2. The molecule has 0 spiro atoms. The van der Waals surface area contributed by atoms with Crippen LogP contribution in [-0.4, -0.2) is 57.7 Å². The molecule has 1 saturated heterocycles. The van der Waals surface area contributed by atoms with Crippen LogP contribution in [0.2, 0.25) is 0 Å². The van der Waals surface area contributed by atoms with Gasteiger partial charge in [-0.2, -0.15) is 5.10 Å². The van der Waals surface area contributed by atoms with Gasteiger partial charge in [-0.1, -0.05) is 6.07 Å². The van der Waals surface area contributed by atoms with Crippen molar-refractivity contribution in [1.29, 1.82) is 0 Å². The van der Waals surface area contributed by atoms with Gasteiger partial charge in [0.2, 0.25) is 0 Å². The molecule has 4 heterocycles. The van der Waals surface area contributed by atoms with Crippen LogP contribution in [-0.2, 0) is 0 Å². The monoisotopic (exact) mass is 300 g/mol. The third-order valence-electron chi connectivity index (χ3n) is 3.86. The van der Waals surface area contributed by atoms with Crippen molar-refractivity contribution in [2.75, 3.05) is 38.1 Å². The van der Waals surface area contributed by atoms with Crippen molar-refractivity contribution in [2.45, 2.75) is 0 Å². The van der Waals surface area contributed by atoms with E-state index in [9.17, 15) is 0 Å². The van der Waals surface area contributed by atoms with E-state index in [4.69, 9.17) is 0 Å². The Labute approximate surface area is 126 Å². The van der Waals surface area contributed by atoms with Crippen molar-refractivity contribution in [3.63, 3.8) is 0 Å². The number of anilines is 1. The van der Waals surface area contributed by atoms with Crippen molar-refractivity contribution >= 4 is 22.8 Å². The van der Waals surface area contributed by atoms with Crippen molar-refractivity contribution < 1.29 is 0 Å². The summed E-state index contributed by atoms with van der Waals surface area (Å²) in [6.07, 6.45) is 3.51. The number of hydrogen-bond acceptors (Lipinski definition) is 6. The highest BCUT2D eigenvalue weighted by Gasteiger charge is 2.20. The predicted molar refractivity (Wildman–Crippen MR) is 83.8 cm³/mol. The quantitative estimate of drug-likeness (QED) is 0.719. The molecule has 0 N–H and O–H groups in total. The summed E-state index contributed by atoms with van der Waals surface area (Å²) in [5.41, 5.74) is 1.83. The third kappa shape index (κ3) is 2.18. The van der Waals surface area contributed by atoms with E-state index in [0.29, 0.717) is 0 Å². The lowest BCUT2D eigenvalue weighted by molar-refractivity contribution is 0.312. The van der Waals surface area contributed by atoms with E-state index in [2.05, 4.69) is 43.4 Å². The van der Waals surface area contributed by atoms with Gasteiger partial charge < -0.3 is 9.80 Å². The molecule has 4 rings (SSSR count). The molecule has 7 heteroatoms. The van der Waals surface area contributed by atoms with Gasteiger partial charge in [-0.05, 0) is 18.5 Å². The molecule has 0 aromatic carbocycles. The van der Waals surface area contributed by atoms with Crippen LogP contribution in [0.1, 0.15) is 0 Å². The highest BCUT2D eigenvalue weighted by molar-refractivity contribution is 7.13. The molecule has 1 aliphatic rings. The highest BCUT2D eigenvalue weighted by atomic mass is 32.1. The SMILES string of the molecule is CN1CCN(c2ncc(-c3cccs3)n3ncnc23)CC1. The van der Waals surface area contributed by atoms with E-state index in [1.165, 1.54) is 0 Å². The van der Waals surface area contributed by atoms with Crippen LogP contribution < -0.4 is 4.90 Å². The largest absolute Gasteiger partial charge is 0.351 e. The molecule has 0 unspecified atom stereocenters. The van der Waals surface area contributed by atoms with Crippen molar-refractivity contribution in [1.82, 2.24) is 24.5 Å². The molecule has 0 saturated carbocycles. The minimum absolute atomic E-state index is 0.838. The first-order valence-corrected chi connectivity index (χ1v) is 7.87. The lowest BCUT2D eigenvalue weighted by Crippen LogP contribution is -2.45. The molecule has 3 aromatic heterocycles. The van der Waals surface area contributed by atoms with Crippen LogP contribution in [0.5, 0.6) is 0 Å². The van der Waals surface area contributed by atoms with E-state index < -0.39 is 0 Å². The zero-order valence-corrected chi connectivity index (χ0v) is 12.6. The van der Waals surface area contributed by atoms with Crippen LogP contribution in [0.4, 0.5) is 5.82 Å². The fraction of sp³-hybridized carbons (Fsp3) is 0.357. The smallest absolute Gasteiger partial charge is 0.199 e. The van der Waals surface area contributed by atoms with Gasteiger partial charge in [0.05, 0.1) is 11.1 Å². The van der Waals surface area contributed by atoms with E-state index in [-0.39, 0.29) is 0 Å². The summed E-state index contributed by atoms with van der Waals surface area (Å²) in [6, 6.07) is 4.12. The second-order valence-corrected chi connectivity index (χ2v) is 6.18. The van der Waals surface area contributed by atoms with Crippen LogP contribution in [0.25, 0.3) is 16.2 Å². The lowest BCUT2D eigenvalue weighted by Gasteiger charge is -2.33. The summed E-state index contributed by atoms with van der Waals surface area (Å²) in [6.45, 7) is 4.05. The molecular weight excluding hydrogens is 284 g/mol. The Balaban J connectivity index is 1.78. The fourth-order valence-electron chi connectivity index (χ4n) is 2.64. The summed E-state index contributed by atoms with van der Waals surface area (Å²) in [7, 11) is 2.15. The van der Waals surface area contributed by atoms with E-state index in [0.717, 1.165) is 48.2 Å². The van der Waals surface area contributed by atoms with Crippen LogP contribution >= 0.6 is 11.3 Å². The molecule has 0 atom stereocenters. The van der Waals surface area contributed by atoms with Gasteiger partial charge >= 0.3 is 0 Å². The first-order valence-electron chi connectivity index (χ1n) is 6.99. The Hall–Kier alpha value is -1.99. The topological polar surface area (TPSA) is 49.6 Å². The Morgan fingerprint density at radius 1 is 1.14 bits per heavy atom. The standard InChI is InChI=1S/C14H16N6S/c1-18-4-6-19(7-5-18)13-14-16-10-17-20(14)11(9-15-13)12-3-2-8-21-12/h2-3,8-10H,4-7H2,1H3. The molecule has 108 valence electrons. The van der Waals surface area contributed by atoms with Gasteiger partial charge in [0, 0.05) is 26.2 Å². The number of thiophene rings is 1. The summed E-state index contributed by atoms with van der Waals surface area (Å²) in [5.74, 6) is 0.931. The molecule has 0 amide bonds. The number of nitrogens with zero attached hydrogens (tertiary/aromatic N) is 6. The van der Waals surface area contributed by atoms with Crippen molar-refractivity contribution in [3.8, 4) is 10.6 Å². The number of likely N-dealkylation sites (N-methyl/N-ethyl adjacent to an activating group) is 1. The summed E-state index contributed by atoms with van der Waals surface area (Å²) in [4.78, 5) is 14.9. The van der Waals surface area contributed by atoms with Gasteiger partial charge in [0.25, 0.3) is 0 Å². The fourth-order valence-corrected chi connectivity index (χ4v) is 3.36. The normalized spacial score (nSPS) is 16.7. The first-order chi connectivity index (χ1) is 10.3. The molecule has 0 radical (unpaired) electrons. The number of piperazine rings is 1. The summed E-state index contributed by atoms with van der Waals surface area (Å²) in [5, 5.41) is 6.44. The Morgan fingerprint density at radius 3 is 2.76 bits per heavy atom. The second kappa shape index (κ2) is 5.09. The summed E-state index contributed by atoms with van der Waals surface area (Å²) >= 11 is 1.69. The van der Waals surface area contributed by atoms with E-state index >= 15 is 0 Å². The van der Waals surface area contributed by atoms with Gasteiger partial charge in [0.1, 0.15) is 12.0 Å². The third-order valence-corrected chi connectivity index (χ3v) is 4.75. The van der Waals surface area contributed by atoms with Gasteiger partial charge in [-0.15, -0.1) is 11.3 Å². The molecule has 21 heavy (non-hydrogen) atoms. The van der Waals surface area contributed by atoms with E-state index in [1.54, 1.807) is 17.7 Å².